The van der Waals surface area contributed by atoms with Gasteiger partial charge in [0.2, 0.25) is 0 Å². The first-order valence-electron chi connectivity index (χ1n) is 6.84. The fourth-order valence-corrected chi connectivity index (χ4v) is 4.97. The van der Waals surface area contributed by atoms with Crippen molar-refractivity contribution in [1.82, 2.24) is 0 Å². The largest absolute Gasteiger partial charge is 0.270 e. The van der Waals surface area contributed by atoms with E-state index in [1.807, 2.05) is 12.1 Å². The molecule has 0 unspecified atom stereocenters. The molecule has 0 amide bonds. The quantitative estimate of drug-likeness (QED) is 0.876. The minimum atomic E-state index is -3.46. The van der Waals surface area contributed by atoms with Crippen LogP contribution >= 0.6 is 11.3 Å². The van der Waals surface area contributed by atoms with E-state index < -0.39 is 10.0 Å². The molecule has 2 aromatic rings. The Labute approximate surface area is 123 Å². The van der Waals surface area contributed by atoms with Gasteiger partial charge in [0.05, 0.1) is 4.90 Å². The normalized spacial score (nSPS) is 15.4. The Morgan fingerprint density at radius 3 is 2.55 bits per heavy atom. The molecule has 3 rings (SSSR count). The lowest BCUT2D eigenvalue weighted by Crippen LogP contribution is -2.11. The van der Waals surface area contributed by atoms with E-state index in [4.69, 9.17) is 0 Å². The summed E-state index contributed by atoms with van der Waals surface area (Å²) < 4.78 is 27.3. The summed E-state index contributed by atoms with van der Waals surface area (Å²) in [6.45, 7) is 0. The molecule has 1 aromatic heterocycles. The third kappa shape index (κ3) is 2.88. The van der Waals surface area contributed by atoms with E-state index in [-0.39, 0.29) is 0 Å². The molecule has 3 nitrogen and oxygen atoms in total. The lowest BCUT2D eigenvalue weighted by molar-refractivity contribution is 0.601. The topological polar surface area (TPSA) is 46.2 Å². The monoisotopic (exact) mass is 307 g/mol. The number of hydrogen-bond acceptors (Lipinski definition) is 3. The summed E-state index contributed by atoms with van der Waals surface area (Å²) in [4.78, 5) is 1.65. The van der Waals surface area contributed by atoms with Crippen LogP contribution in [0.25, 0.3) is 0 Å². The summed E-state index contributed by atoms with van der Waals surface area (Å²) in [5, 5.41) is 0.737. The highest BCUT2D eigenvalue weighted by molar-refractivity contribution is 7.93. The van der Waals surface area contributed by atoms with Crippen LogP contribution < -0.4 is 4.72 Å². The Hall–Kier alpha value is -1.33. The minimum Gasteiger partial charge on any atom is -0.270 e. The second-order valence-corrected chi connectivity index (χ2v) is 7.86. The number of nitrogens with one attached hydrogen (secondary N) is 1. The van der Waals surface area contributed by atoms with Gasteiger partial charge in [-0.15, -0.1) is 11.3 Å². The first-order chi connectivity index (χ1) is 9.65. The number of thiophene rings is 1. The summed E-state index contributed by atoms with van der Waals surface area (Å²) in [7, 11) is -3.46. The maximum atomic E-state index is 12.3. The molecule has 0 bridgehead atoms. The van der Waals surface area contributed by atoms with Crippen molar-refractivity contribution in [3.63, 3.8) is 0 Å². The third-order valence-electron chi connectivity index (χ3n) is 3.54. The zero-order chi connectivity index (χ0) is 14.0. The van der Waals surface area contributed by atoms with Crippen LogP contribution in [0.5, 0.6) is 0 Å². The summed E-state index contributed by atoms with van der Waals surface area (Å²) in [5.74, 6) is 0. The zero-order valence-electron chi connectivity index (χ0n) is 11.1. The molecule has 0 atom stereocenters. The van der Waals surface area contributed by atoms with Crippen LogP contribution in [0.2, 0.25) is 0 Å². The van der Waals surface area contributed by atoms with Crippen molar-refractivity contribution in [2.24, 2.45) is 0 Å². The average molecular weight is 307 g/mol. The Morgan fingerprint density at radius 2 is 1.75 bits per heavy atom. The molecule has 0 saturated carbocycles. The van der Waals surface area contributed by atoms with Gasteiger partial charge in [0.15, 0.2) is 0 Å². The van der Waals surface area contributed by atoms with Crippen molar-refractivity contribution in [2.45, 2.75) is 37.0 Å². The first kappa shape index (κ1) is 13.6. The second kappa shape index (κ2) is 5.58. The molecule has 1 heterocycles. The Morgan fingerprint density at radius 1 is 1.00 bits per heavy atom. The van der Waals surface area contributed by atoms with Gasteiger partial charge in [0, 0.05) is 4.88 Å². The highest BCUT2D eigenvalue weighted by Crippen LogP contribution is 2.33. The fraction of sp³-hybridized carbons (Fsp3) is 0.333. The van der Waals surface area contributed by atoms with Crippen molar-refractivity contribution < 1.29 is 8.42 Å². The van der Waals surface area contributed by atoms with Gasteiger partial charge in [0.1, 0.15) is 5.00 Å². The molecular weight excluding hydrogens is 290 g/mol. The molecule has 0 radical (unpaired) electrons. The Balaban J connectivity index is 1.85. The van der Waals surface area contributed by atoms with E-state index >= 15 is 0 Å². The molecule has 1 N–H and O–H groups in total. The van der Waals surface area contributed by atoms with Crippen molar-refractivity contribution in [1.29, 1.82) is 0 Å². The second-order valence-electron chi connectivity index (χ2n) is 5.04. The van der Waals surface area contributed by atoms with Crippen LogP contribution in [0.4, 0.5) is 5.00 Å². The van der Waals surface area contributed by atoms with Crippen LogP contribution in [-0.2, 0) is 22.9 Å². The number of anilines is 1. The number of fused-ring (bicyclic) bond motifs is 1. The Bertz CT molecular complexity index is 666. The van der Waals surface area contributed by atoms with Gasteiger partial charge < -0.3 is 0 Å². The van der Waals surface area contributed by atoms with Crippen molar-refractivity contribution >= 4 is 26.4 Å². The lowest BCUT2D eigenvalue weighted by Gasteiger charge is -2.05. The smallest absolute Gasteiger partial charge is 0.262 e. The van der Waals surface area contributed by atoms with Crippen molar-refractivity contribution in [3.05, 3.63) is 46.8 Å². The molecule has 0 aliphatic heterocycles. The van der Waals surface area contributed by atoms with Crippen LogP contribution in [0, 0.1) is 0 Å². The maximum Gasteiger partial charge on any atom is 0.262 e. The van der Waals surface area contributed by atoms with Crippen LogP contribution in [0.3, 0.4) is 0 Å². The van der Waals surface area contributed by atoms with Gasteiger partial charge in [-0.3, -0.25) is 4.72 Å². The SMILES string of the molecule is O=S(=O)(Nc1cc2c(s1)CCCCC2)c1ccccc1. The first-order valence-corrected chi connectivity index (χ1v) is 9.14. The van der Waals surface area contributed by atoms with Crippen LogP contribution in [0.15, 0.2) is 41.3 Å². The summed E-state index contributed by atoms with van der Waals surface area (Å²) in [6, 6.07) is 10.5. The fourth-order valence-electron chi connectivity index (χ4n) is 2.51. The Kier molecular flexibility index (Phi) is 3.81. The number of benzene rings is 1. The summed E-state index contributed by atoms with van der Waals surface area (Å²) in [5.41, 5.74) is 1.32. The van der Waals surface area contributed by atoms with Gasteiger partial charge in [0.25, 0.3) is 10.0 Å². The molecule has 1 aliphatic rings. The van der Waals surface area contributed by atoms with Crippen LogP contribution in [0.1, 0.15) is 29.7 Å². The van der Waals surface area contributed by atoms with Gasteiger partial charge in [-0.05, 0) is 49.4 Å². The van der Waals surface area contributed by atoms with E-state index in [1.165, 1.54) is 29.7 Å². The van der Waals surface area contributed by atoms with E-state index in [2.05, 4.69) is 4.72 Å². The molecule has 5 heteroatoms. The summed E-state index contributed by atoms with van der Waals surface area (Å²) in [6.07, 6.45) is 5.82. The molecule has 0 fully saturated rings. The zero-order valence-corrected chi connectivity index (χ0v) is 12.8. The number of hydrogen-bond donors (Lipinski definition) is 1. The predicted octanol–water partition coefficient (Wildman–Crippen LogP) is 3.82. The number of rotatable bonds is 3. The molecular formula is C15H17NO2S2. The van der Waals surface area contributed by atoms with E-state index in [1.54, 1.807) is 35.6 Å². The maximum absolute atomic E-state index is 12.3. The van der Waals surface area contributed by atoms with Gasteiger partial charge in [-0.2, -0.15) is 0 Å². The van der Waals surface area contributed by atoms with Gasteiger partial charge >= 0.3 is 0 Å². The van der Waals surface area contributed by atoms with Crippen molar-refractivity contribution in [2.75, 3.05) is 4.72 Å². The highest BCUT2D eigenvalue weighted by atomic mass is 32.2. The number of aryl methyl sites for hydroxylation is 2. The third-order valence-corrected chi connectivity index (χ3v) is 6.20. The molecule has 0 saturated heterocycles. The lowest BCUT2D eigenvalue weighted by atomic mass is 10.1. The van der Waals surface area contributed by atoms with E-state index in [9.17, 15) is 8.42 Å². The predicted molar refractivity (Wildman–Crippen MR) is 82.8 cm³/mol. The van der Waals surface area contributed by atoms with Crippen LogP contribution in [-0.4, -0.2) is 8.42 Å². The van der Waals surface area contributed by atoms with Gasteiger partial charge in [-0.25, -0.2) is 8.42 Å². The number of sulfonamides is 1. The van der Waals surface area contributed by atoms with Crippen molar-refractivity contribution in [3.8, 4) is 0 Å². The standard InChI is InChI=1S/C15H17NO2S2/c17-20(18,13-8-4-2-5-9-13)16-15-11-12-7-3-1-6-10-14(12)19-15/h2,4-5,8-9,11,16H,1,3,6-7,10H2. The molecule has 0 spiro atoms. The highest BCUT2D eigenvalue weighted by Gasteiger charge is 2.17. The molecule has 106 valence electrons. The minimum absolute atomic E-state index is 0.309. The average Bonchev–Trinajstić information content (AvgIpc) is 2.68. The molecule has 20 heavy (non-hydrogen) atoms. The van der Waals surface area contributed by atoms with Gasteiger partial charge in [-0.1, -0.05) is 24.6 Å². The molecule has 1 aliphatic carbocycles. The van der Waals surface area contributed by atoms with E-state index in [0.717, 1.165) is 17.8 Å². The van der Waals surface area contributed by atoms with E-state index in [0.29, 0.717) is 4.90 Å². The summed E-state index contributed by atoms with van der Waals surface area (Å²) >= 11 is 1.58. The molecule has 1 aromatic carbocycles.